The molecule has 1 aromatic rings. The van der Waals surface area contributed by atoms with Crippen LogP contribution >= 0.6 is 11.6 Å². The lowest BCUT2D eigenvalue weighted by Crippen LogP contribution is -2.50. The Morgan fingerprint density at radius 3 is 2.34 bits per heavy atom. The zero-order valence-corrected chi connectivity index (χ0v) is 18.5. The van der Waals surface area contributed by atoms with Crippen LogP contribution < -0.4 is 0 Å². The molecule has 29 heavy (non-hydrogen) atoms. The summed E-state index contributed by atoms with van der Waals surface area (Å²) in [5.41, 5.74) is -0.0169. The Labute approximate surface area is 178 Å². The van der Waals surface area contributed by atoms with Crippen molar-refractivity contribution in [2.75, 3.05) is 13.6 Å². The highest BCUT2D eigenvalue weighted by Crippen LogP contribution is 2.47. The van der Waals surface area contributed by atoms with Crippen LogP contribution in [0.1, 0.15) is 58.4 Å². The molecule has 3 rings (SSSR count). The normalized spacial score (nSPS) is 24.8. The number of ketones is 1. The van der Waals surface area contributed by atoms with E-state index in [-0.39, 0.29) is 22.7 Å². The van der Waals surface area contributed by atoms with Crippen molar-refractivity contribution in [2.45, 2.75) is 58.3 Å². The second-order valence-corrected chi connectivity index (χ2v) is 10.1. The number of carbonyl (C=O) groups excluding carboxylic acids is 2. The van der Waals surface area contributed by atoms with Crippen LogP contribution in [0.5, 0.6) is 0 Å². The van der Waals surface area contributed by atoms with Gasteiger partial charge in [-0.2, -0.15) is 5.26 Å². The Morgan fingerprint density at radius 2 is 1.83 bits per heavy atom. The number of hydrogen-bond donors (Lipinski definition) is 0. The third-order valence-corrected chi connectivity index (χ3v) is 6.95. The van der Waals surface area contributed by atoms with Gasteiger partial charge in [0, 0.05) is 24.0 Å². The number of nitriles is 1. The summed E-state index contributed by atoms with van der Waals surface area (Å²) in [6, 6.07) is 9.69. The molecule has 0 bridgehead atoms. The minimum Gasteiger partial charge on any atom is -0.345 e. The zero-order chi connectivity index (χ0) is 21.4. The molecule has 0 spiro atoms. The van der Waals surface area contributed by atoms with Gasteiger partial charge < -0.3 is 4.90 Å². The minimum atomic E-state index is -0.560. The van der Waals surface area contributed by atoms with E-state index in [1.807, 2.05) is 56.1 Å². The molecule has 1 fully saturated rings. The SMILES string of the molecule is CN(CC[C@]1(C)C=C(C#N)C(=O)C(C)(C)C1)C(=O)C1(c2ccc(Cl)cc2)CCC1. The molecule has 154 valence electrons. The summed E-state index contributed by atoms with van der Waals surface area (Å²) in [6.45, 7) is 6.46. The van der Waals surface area contributed by atoms with Gasteiger partial charge in [-0.25, -0.2) is 0 Å². The summed E-state index contributed by atoms with van der Waals surface area (Å²) in [6.07, 6.45) is 5.97. The van der Waals surface area contributed by atoms with Crippen LogP contribution in [0, 0.1) is 22.2 Å². The third-order valence-electron chi connectivity index (χ3n) is 6.70. The Morgan fingerprint density at radius 1 is 1.21 bits per heavy atom. The van der Waals surface area contributed by atoms with Crippen molar-refractivity contribution in [2.24, 2.45) is 10.8 Å². The summed E-state index contributed by atoms with van der Waals surface area (Å²) in [4.78, 5) is 27.6. The van der Waals surface area contributed by atoms with E-state index in [1.54, 1.807) is 0 Å². The first-order valence-corrected chi connectivity index (χ1v) is 10.6. The second-order valence-electron chi connectivity index (χ2n) is 9.63. The van der Waals surface area contributed by atoms with Gasteiger partial charge in [0.1, 0.15) is 6.07 Å². The summed E-state index contributed by atoms with van der Waals surface area (Å²) < 4.78 is 0. The van der Waals surface area contributed by atoms with Gasteiger partial charge in [0.15, 0.2) is 5.78 Å². The highest BCUT2D eigenvalue weighted by molar-refractivity contribution is 6.30. The number of amides is 1. The topological polar surface area (TPSA) is 61.2 Å². The van der Waals surface area contributed by atoms with Crippen LogP contribution in [0.25, 0.3) is 0 Å². The number of allylic oxidation sites excluding steroid dienone is 2. The fourth-order valence-corrected chi connectivity index (χ4v) is 5.10. The van der Waals surface area contributed by atoms with Gasteiger partial charge >= 0.3 is 0 Å². The number of nitrogens with zero attached hydrogens (tertiary/aromatic N) is 2. The highest BCUT2D eigenvalue weighted by Gasteiger charge is 2.47. The van der Waals surface area contributed by atoms with Gasteiger partial charge in [-0.05, 0) is 48.8 Å². The molecule has 0 radical (unpaired) electrons. The standard InChI is InChI=1S/C24H29ClN2O2/c1-22(2)16-23(3,14-17(15-26)20(22)28)12-13-27(4)21(29)24(10-5-11-24)18-6-8-19(25)9-7-18/h6-9,14H,5,10-13,16H2,1-4H3/t23-/m1/s1. The van der Waals surface area contributed by atoms with Crippen molar-refractivity contribution in [1.29, 1.82) is 5.26 Å². The molecular formula is C24H29ClN2O2. The van der Waals surface area contributed by atoms with Crippen molar-refractivity contribution in [3.63, 3.8) is 0 Å². The molecule has 0 aliphatic heterocycles. The Balaban J connectivity index is 1.75. The second kappa shape index (κ2) is 7.61. The smallest absolute Gasteiger partial charge is 0.232 e. The maximum atomic E-state index is 13.4. The number of Topliss-reactive ketones (excluding diaryl/α,β-unsaturated/α-hetero) is 1. The summed E-state index contributed by atoms with van der Waals surface area (Å²) in [5.74, 6) is 0.0587. The van der Waals surface area contributed by atoms with Gasteiger partial charge in [0.25, 0.3) is 0 Å². The molecule has 0 unspecified atom stereocenters. The average Bonchev–Trinajstić information content (AvgIpc) is 2.63. The third kappa shape index (κ3) is 3.98. The van der Waals surface area contributed by atoms with Gasteiger partial charge in [-0.1, -0.05) is 57.0 Å². The summed E-state index contributed by atoms with van der Waals surface area (Å²) in [5, 5.41) is 10.0. The maximum absolute atomic E-state index is 13.4. The van der Waals surface area contributed by atoms with E-state index in [9.17, 15) is 14.9 Å². The molecule has 1 saturated carbocycles. The van der Waals surface area contributed by atoms with Crippen molar-refractivity contribution >= 4 is 23.3 Å². The number of benzene rings is 1. The van der Waals surface area contributed by atoms with Crippen molar-refractivity contribution in [3.8, 4) is 6.07 Å². The van der Waals surface area contributed by atoms with Crippen LogP contribution in [-0.4, -0.2) is 30.2 Å². The quantitative estimate of drug-likeness (QED) is 0.678. The predicted molar refractivity (Wildman–Crippen MR) is 114 cm³/mol. The van der Waals surface area contributed by atoms with Gasteiger partial charge in [-0.3, -0.25) is 9.59 Å². The molecule has 2 aliphatic rings. The van der Waals surface area contributed by atoms with Gasteiger partial charge in [-0.15, -0.1) is 0 Å². The molecule has 0 N–H and O–H groups in total. The average molecular weight is 413 g/mol. The Bertz CT molecular complexity index is 890. The Hall–Kier alpha value is -2.12. The molecule has 1 amide bonds. The number of carbonyl (C=O) groups is 2. The van der Waals surface area contributed by atoms with E-state index >= 15 is 0 Å². The number of likely N-dealkylation sites (N-methyl/N-ethyl adjacent to an activating group) is 1. The minimum absolute atomic E-state index is 0.0851. The predicted octanol–water partition coefficient (Wildman–Crippen LogP) is 5.07. The lowest BCUT2D eigenvalue weighted by molar-refractivity contribution is -0.140. The molecule has 1 aromatic carbocycles. The maximum Gasteiger partial charge on any atom is 0.232 e. The van der Waals surface area contributed by atoms with Crippen LogP contribution in [0.3, 0.4) is 0 Å². The molecular weight excluding hydrogens is 384 g/mol. The molecule has 4 nitrogen and oxygen atoms in total. The van der Waals surface area contributed by atoms with E-state index in [2.05, 4.69) is 13.0 Å². The first kappa shape index (κ1) is 21.6. The fourth-order valence-electron chi connectivity index (χ4n) is 4.98. The lowest BCUT2D eigenvalue weighted by atomic mass is 9.63. The number of hydrogen-bond acceptors (Lipinski definition) is 3. The highest BCUT2D eigenvalue weighted by atomic mass is 35.5. The molecule has 0 saturated heterocycles. The van der Waals surface area contributed by atoms with Crippen LogP contribution in [0.15, 0.2) is 35.9 Å². The largest absolute Gasteiger partial charge is 0.345 e. The van der Waals surface area contributed by atoms with Gasteiger partial charge in [0.2, 0.25) is 5.91 Å². The van der Waals surface area contributed by atoms with E-state index in [4.69, 9.17) is 11.6 Å². The van der Waals surface area contributed by atoms with E-state index in [0.29, 0.717) is 24.4 Å². The van der Waals surface area contributed by atoms with Crippen molar-refractivity contribution < 1.29 is 9.59 Å². The molecule has 0 heterocycles. The van der Waals surface area contributed by atoms with E-state index in [0.717, 1.165) is 24.8 Å². The summed E-state index contributed by atoms with van der Waals surface area (Å²) in [7, 11) is 1.86. The van der Waals surface area contributed by atoms with E-state index in [1.165, 1.54) is 0 Å². The fraction of sp³-hybridized carbons (Fsp3) is 0.542. The lowest BCUT2D eigenvalue weighted by Gasteiger charge is -2.44. The first-order chi connectivity index (χ1) is 13.5. The Kier molecular flexibility index (Phi) is 5.66. The van der Waals surface area contributed by atoms with Crippen LogP contribution in [-0.2, 0) is 15.0 Å². The van der Waals surface area contributed by atoms with Crippen LogP contribution in [0.2, 0.25) is 5.02 Å². The molecule has 2 aliphatic carbocycles. The molecule has 5 heteroatoms. The van der Waals surface area contributed by atoms with Crippen LogP contribution in [0.4, 0.5) is 0 Å². The molecule has 1 atom stereocenters. The number of halogens is 1. The molecule has 0 aromatic heterocycles. The van der Waals surface area contributed by atoms with E-state index < -0.39 is 10.8 Å². The van der Waals surface area contributed by atoms with Gasteiger partial charge in [0.05, 0.1) is 11.0 Å². The van der Waals surface area contributed by atoms with Crippen molar-refractivity contribution in [1.82, 2.24) is 4.90 Å². The zero-order valence-electron chi connectivity index (χ0n) is 17.7. The number of rotatable bonds is 5. The van der Waals surface area contributed by atoms with Crippen molar-refractivity contribution in [3.05, 3.63) is 46.5 Å². The summed E-state index contributed by atoms with van der Waals surface area (Å²) >= 11 is 6.03. The monoisotopic (exact) mass is 412 g/mol. The first-order valence-electron chi connectivity index (χ1n) is 10.2.